The van der Waals surface area contributed by atoms with Crippen LogP contribution in [0.1, 0.15) is 16.2 Å². The van der Waals surface area contributed by atoms with Crippen LogP contribution in [-0.4, -0.2) is 21.5 Å². The molecule has 2 rings (SSSR count). The molecule has 0 fully saturated rings. The van der Waals surface area contributed by atoms with Crippen molar-refractivity contribution in [2.24, 2.45) is 0 Å². The van der Waals surface area contributed by atoms with Crippen molar-refractivity contribution in [1.29, 1.82) is 0 Å². The van der Waals surface area contributed by atoms with Gasteiger partial charge in [0, 0.05) is 18.0 Å². The van der Waals surface area contributed by atoms with E-state index in [9.17, 15) is 26.7 Å². The Kier molecular flexibility index (Phi) is 4.39. The van der Waals surface area contributed by atoms with Crippen LogP contribution in [0.3, 0.4) is 0 Å². The number of carbonyl (C=O) groups is 1. The van der Waals surface area contributed by atoms with Gasteiger partial charge in [-0.3, -0.25) is 4.79 Å². The number of aromatic nitrogens is 2. The summed E-state index contributed by atoms with van der Waals surface area (Å²) in [6.45, 7) is -1.24. The quantitative estimate of drug-likeness (QED) is 0.490. The number of nitrogens with zero attached hydrogens (tertiary/aromatic N) is 2. The van der Waals surface area contributed by atoms with Gasteiger partial charge in [0.05, 0.1) is 0 Å². The maximum absolute atomic E-state index is 13.0. The third kappa shape index (κ3) is 4.00. The molecule has 0 unspecified atom stereocenters. The molecule has 0 aliphatic rings. The number of ketones is 1. The van der Waals surface area contributed by atoms with E-state index in [1.807, 2.05) is 0 Å². The molecule has 0 radical (unpaired) electrons. The van der Waals surface area contributed by atoms with Gasteiger partial charge in [0.25, 0.3) is 0 Å². The summed E-state index contributed by atoms with van der Waals surface area (Å²) < 4.78 is 63.6. The Labute approximate surface area is 121 Å². The number of hydrogen-bond acceptors (Lipinski definition) is 2. The van der Waals surface area contributed by atoms with Crippen LogP contribution in [0, 0.1) is 11.6 Å². The summed E-state index contributed by atoms with van der Waals surface area (Å²) in [6.07, 6.45) is -0.118. The van der Waals surface area contributed by atoms with E-state index in [1.165, 1.54) is 0 Å². The van der Waals surface area contributed by atoms with Crippen molar-refractivity contribution < 1.29 is 26.7 Å². The number of benzene rings is 1. The zero-order valence-electron chi connectivity index (χ0n) is 10.9. The Hall–Kier alpha value is -2.51. The van der Waals surface area contributed by atoms with E-state index in [1.54, 1.807) is 0 Å². The highest BCUT2D eigenvalue weighted by Gasteiger charge is 2.28. The molecule has 0 N–H and O–H groups in total. The van der Waals surface area contributed by atoms with E-state index < -0.39 is 30.1 Å². The Morgan fingerprint density at radius 2 is 1.95 bits per heavy atom. The van der Waals surface area contributed by atoms with Crippen LogP contribution in [0.25, 0.3) is 6.08 Å². The lowest BCUT2D eigenvalue weighted by atomic mass is 10.1. The van der Waals surface area contributed by atoms with Crippen molar-refractivity contribution >= 4 is 11.9 Å². The van der Waals surface area contributed by atoms with Crippen molar-refractivity contribution in [1.82, 2.24) is 9.55 Å². The summed E-state index contributed by atoms with van der Waals surface area (Å²) in [5.41, 5.74) is -0.121. The predicted molar refractivity (Wildman–Crippen MR) is 68.0 cm³/mol. The molecular formula is C14H9F5N2O. The minimum atomic E-state index is -4.42. The summed E-state index contributed by atoms with van der Waals surface area (Å²) in [5.74, 6) is -3.03. The van der Waals surface area contributed by atoms with Gasteiger partial charge in [-0.05, 0) is 30.4 Å². The van der Waals surface area contributed by atoms with E-state index in [-0.39, 0.29) is 11.4 Å². The number of hydrogen-bond donors (Lipinski definition) is 0. The average molecular weight is 316 g/mol. The minimum Gasteiger partial charge on any atom is -0.322 e. The molecule has 3 nitrogen and oxygen atoms in total. The fraction of sp³-hybridized carbons (Fsp3) is 0.143. The highest BCUT2D eigenvalue weighted by Crippen LogP contribution is 2.18. The Morgan fingerprint density at radius 3 is 2.59 bits per heavy atom. The molecule has 0 aliphatic heterocycles. The summed E-state index contributed by atoms with van der Waals surface area (Å²) in [6, 6.07) is 2.58. The Balaban J connectivity index is 2.16. The number of carbonyl (C=O) groups excluding carboxylic acids is 1. The van der Waals surface area contributed by atoms with Gasteiger partial charge in [0.15, 0.2) is 17.4 Å². The molecule has 2 aromatic rings. The fourth-order valence-corrected chi connectivity index (χ4v) is 1.70. The van der Waals surface area contributed by atoms with Crippen molar-refractivity contribution in [2.45, 2.75) is 12.7 Å². The lowest BCUT2D eigenvalue weighted by Gasteiger charge is -2.08. The molecule has 0 aliphatic carbocycles. The molecule has 0 saturated heterocycles. The van der Waals surface area contributed by atoms with Crippen LogP contribution in [0.4, 0.5) is 22.0 Å². The van der Waals surface area contributed by atoms with Crippen molar-refractivity contribution in [3.05, 3.63) is 59.7 Å². The largest absolute Gasteiger partial charge is 0.406 e. The number of allylic oxidation sites excluding steroid dienone is 1. The smallest absolute Gasteiger partial charge is 0.322 e. The summed E-state index contributed by atoms with van der Waals surface area (Å²) >= 11 is 0. The molecule has 1 heterocycles. The van der Waals surface area contributed by atoms with Crippen LogP contribution in [0.2, 0.25) is 0 Å². The molecule has 116 valence electrons. The molecule has 0 atom stereocenters. The van der Waals surface area contributed by atoms with Gasteiger partial charge < -0.3 is 4.57 Å². The monoisotopic (exact) mass is 316 g/mol. The van der Waals surface area contributed by atoms with Gasteiger partial charge in [-0.25, -0.2) is 13.8 Å². The lowest BCUT2D eigenvalue weighted by Crippen LogP contribution is -2.18. The third-order valence-electron chi connectivity index (χ3n) is 2.69. The first kappa shape index (κ1) is 15.9. The van der Waals surface area contributed by atoms with Crippen LogP contribution < -0.4 is 0 Å². The van der Waals surface area contributed by atoms with Crippen LogP contribution >= 0.6 is 0 Å². The number of alkyl halides is 3. The summed E-state index contributed by atoms with van der Waals surface area (Å²) in [5, 5.41) is 0. The molecule has 8 heteroatoms. The average Bonchev–Trinajstić information content (AvgIpc) is 2.84. The normalized spacial score (nSPS) is 12.0. The molecule has 1 aromatic heterocycles. The van der Waals surface area contributed by atoms with Crippen molar-refractivity contribution in [3.8, 4) is 0 Å². The lowest BCUT2D eigenvalue weighted by molar-refractivity contribution is -0.140. The minimum absolute atomic E-state index is 0.0757. The standard InChI is InChI=1S/C14H9F5N2O/c15-10-2-1-9(7-11(10)16)12(22)3-4-13-20-5-6-21(13)8-14(17,18)19/h1-7H,8H2/b4-3+. The van der Waals surface area contributed by atoms with Gasteiger partial charge in [-0.1, -0.05) is 0 Å². The van der Waals surface area contributed by atoms with Crippen molar-refractivity contribution in [3.63, 3.8) is 0 Å². The highest BCUT2D eigenvalue weighted by molar-refractivity contribution is 6.06. The van der Waals surface area contributed by atoms with Gasteiger partial charge in [0.2, 0.25) is 0 Å². The maximum Gasteiger partial charge on any atom is 0.406 e. The van der Waals surface area contributed by atoms with E-state index in [4.69, 9.17) is 0 Å². The fourth-order valence-electron chi connectivity index (χ4n) is 1.70. The first-order valence-electron chi connectivity index (χ1n) is 6.01. The van der Waals surface area contributed by atoms with Crippen molar-refractivity contribution in [2.75, 3.05) is 0 Å². The second kappa shape index (κ2) is 6.08. The van der Waals surface area contributed by atoms with E-state index >= 15 is 0 Å². The molecule has 1 aromatic carbocycles. The first-order valence-corrected chi connectivity index (χ1v) is 6.01. The molecule has 0 saturated carbocycles. The van der Waals surface area contributed by atoms with Gasteiger partial charge in [-0.15, -0.1) is 0 Å². The zero-order valence-corrected chi connectivity index (χ0v) is 10.9. The molecule has 0 bridgehead atoms. The van der Waals surface area contributed by atoms with Crippen LogP contribution in [0.15, 0.2) is 36.7 Å². The first-order chi connectivity index (χ1) is 10.3. The topological polar surface area (TPSA) is 34.9 Å². The van der Waals surface area contributed by atoms with Gasteiger partial charge >= 0.3 is 6.18 Å². The number of imidazole rings is 1. The second-order valence-electron chi connectivity index (χ2n) is 4.35. The summed E-state index contributed by atoms with van der Waals surface area (Å²) in [7, 11) is 0. The van der Waals surface area contributed by atoms with Crippen LogP contribution in [0.5, 0.6) is 0 Å². The molecular weight excluding hydrogens is 307 g/mol. The van der Waals surface area contributed by atoms with Gasteiger partial charge in [0.1, 0.15) is 12.4 Å². The van der Waals surface area contributed by atoms with Gasteiger partial charge in [-0.2, -0.15) is 13.2 Å². The third-order valence-corrected chi connectivity index (χ3v) is 2.69. The predicted octanol–water partition coefficient (Wildman–Crippen LogP) is 3.62. The number of halogens is 5. The molecule has 22 heavy (non-hydrogen) atoms. The molecule has 0 spiro atoms. The number of rotatable bonds is 4. The Morgan fingerprint density at radius 1 is 1.23 bits per heavy atom. The SMILES string of the molecule is O=C(/C=C/c1nccn1CC(F)(F)F)c1ccc(F)c(F)c1. The van der Waals surface area contributed by atoms with E-state index in [0.717, 1.165) is 41.2 Å². The molecule has 0 amide bonds. The summed E-state index contributed by atoms with van der Waals surface area (Å²) in [4.78, 5) is 15.5. The Bertz CT molecular complexity index is 718. The zero-order chi connectivity index (χ0) is 16.3. The second-order valence-corrected chi connectivity index (χ2v) is 4.35. The van der Waals surface area contributed by atoms with Crippen LogP contribution in [-0.2, 0) is 6.54 Å². The van der Waals surface area contributed by atoms with E-state index in [0.29, 0.717) is 6.07 Å². The van der Waals surface area contributed by atoms with E-state index in [2.05, 4.69) is 4.98 Å². The maximum atomic E-state index is 13.0. The highest BCUT2D eigenvalue weighted by atomic mass is 19.4.